The Kier molecular flexibility index (Phi) is 4.22. The van der Waals surface area contributed by atoms with Crippen molar-refractivity contribution >= 4 is 0 Å². The number of hydrogen-bond acceptors (Lipinski definition) is 3. The quantitative estimate of drug-likeness (QED) is 0.768. The lowest BCUT2D eigenvalue weighted by Crippen LogP contribution is -2.52. The summed E-state index contributed by atoms with van der Waals surface area (Å²) in [6.45, 7) is 6.02. The molecule has 0 atom stereocenters. The molecule has 1 saturated heterocycles. The Balaban J connectivity index is 1.83. The van der Waals surface area contributed by atoms with Crippen LogP contribution >= 0.6 is 0 Å². The van der Waals surface area contributed by atoms with Gasteiger partial charge in [0.25, 0.3) is 0 Å². The molecule has 94 valence electrons. The largest absolute Gasteiger partial charge is 0.324 e. The normalized spacial score (nSPS) is 28.9. The molecule has 2 N–H and O–H groups in total. The molecule has 1 aliphatic heterocycles. The first-order chi connectivity index (χ1) is 7.68. The van der Waals surface area contributed by atoms with Crippen molar-refractivity contribution in [1.29, 1.82) is 0 Å². The molecular weight excluding hydrogens is 198 g/mol. The average Bonchev–Trinajstić information content (AvgIpc) is 2.44. The van der Waals surface area contributed by atoms with Crippen LogP contribution in [0.3, 0.4) is 0 Å². The topological polar surface area (TPSA) is 32.5 Å². The van der Waals surface area contributed by atoms with Gasteiger partial charge in [0.05, 0.1) is 0 Å². The van der Waals surface area contributed by atoms with Crippen LogP contribution in [-0.4, -0.2) is 55.1 Å². The van der Waals surface area contributed by atoms with Crippen molar-refractivity contribution in [3.05, 3.63) is 0 Å². The lowest BCUT2D eigenvalue weighted by molar-refractivity contribution is 0.176. The van der Waals surface area contributed by atoms with Crippen LogP contribution in [0.5, 0.6) is 0 Å². The van der Waals surface area contributed by atoms with Crippen LogP contribution in [0, 0.1) is 0 Å². The van der Waals surface area contributed by atoms with Crippen molar-refractivity contribution in [3.63, 3.8) is 0 Å². The summed E-state index contributed by atoms with van der Waals surface area (Å²) in [5.41, 5.74) is 6.65. The van der Waals surface area contributed by atoms with Gasteiger partial charge in [-0.25, -0.2) is 0 Å². The molecule has 2 fully saturated rings. The van der Waals surface area contributed by atoms with Gasteiger partial charge in [-0.1, -0.05) is 19.3 Å². The maximum absolute atomic E-state index is 6.52. The molecule has 0 radical (unpaired) electrons. The molecule has 0 bridgehead atoms. The predicted molar refractivity (Wildman–Crippen MR) is 68.6 cm³/mol. The van der Waals surface area contributed by atoms with Crippen molar-refractivity contribution < 1.29 is 0 Å². The molecule has 16 heavy (non-hydrogen) atoms. The summed E-state index contributed by atoms with van der Waals surface area (Å²) in [4.78, 5) is 5.03. The SMILES string of the molecule is CN1CCCN(CC2(N)CCCCC2)CC1. The number of likely N-dealkylation sites (N-methyl/N-ethyl adjacent to an activating group) is 1. The van der Waals surface area contributed by atoms with Gasteiger partial charge in [0.2, 0.25) is 0 Å². The van der Waals surface area contributed by atoms with Gasteiger partial charge in [0.1, 0.15) is 0 Å². The Morgan fingerprint density at radius 3 is 2.44 bits per heavy atom. The molecule has 1 aliphatic carbocycles. The minimum atomic E-state index is 0.126. The molecule has 0 spiro atoms. The van der Waals surface area contributed by atoms with Gasteiger partial charge < -0.3 is 15.5 Å². The fourth-order valence-corrected chi connectivity index (χ4v) is 3.12. The lowest BCUT2D eigenvalue weighted by atomic mass is 9.82. The van der Waals surface area contributed by atoms with E-state index in [2.05, 4.69) is 16.8 Å². The van der Waals surface area contributed by atoms with Crippen LogP contribution in [0.25, 0.3) is 0 Å². The van der Waals surface area contributed by atoms with Gasteiger partial charge in [-0.05, 0) is 39.4 Å². The van der Waals surface area contributed by atoms with Crippen LogP contribution < -0.4 is 5.73 Å². The van der Waals surface area contributed by atoms with E-state index in [0.717, 1.165) is 6.54 Å². The second-order valence-corrected chi connectivity index (χ2v) is 5.86. The molecule has 0 aromatic carbocycles. The van der Waals surface area contributed by atoms with E-state index in [0.29, 0.717) is 0 Å². The van der Waals surface area contributed by atoms with Gasteiger partial charge in [0, 0.05) is 25.2 Å². The molecule has 0 aromatic heterocycles. The number of nitrogens with two attached hydrogens (primary N) is 1. The Bertz CT molecular complexity index is 211. The molecular formula is C13H27N3. The number of rotatable bonds is 2. The van der Waals surface area contributed by atoms with E-state index in [4.69, 9.17) is 5.73 Å². The molecule has 0 aromatic rings. The molecule has 0 amide bonds. The zero-order valence-corrected chi connectivity index (χ0v) is 10.7. The highest BCUT2D eigenvalue weighted by molar-refractivity contribution is 4.90. The van der Waals surface area contributed by atoms with E-state index in [-0.39, 0.29) is 5.54 Å². The van der Waals surface area contributed by atoms with Crippen molar-refractivity contribution in [2.45, 2.75) is 44.1 Å². The fraction of sp³-hybridized carbons (Fsp3) is 1.00. The monoisotopic (exact) mass is 225 g/mol. The van der Waals surface area contributed by atoms with Crippen LogP contribution in [0.4, 0.5) is 0 Å². The van der Waals surface area contributed by atoms with E-state index in [1.54, 1.807) is 0 Å². The molecule has 3 nitrogen and oxygen atoms in total. The molecule has 3 heteroatoms. The van der Waals surface area contributed by atoms with Crippen LogP contribution in [0.1, 0.15) is 38.5 Å². The van der Waals surface area contributed by atoms with Crippen LogP contribution in [0.2, 0.25) is 0 Å². The summed E-state index contributed by atoms with van der Waals surface area (Å²) in [7, 11) is 2.22. The van der Waals surface area contributed by atoms with E-state index < -0.39 is 0 Å². The lowest BCUT2D eigenvalue weighted by Gasteiger charge is -2.37. The first-order valence-corrected chi connectivity index (χ1v) is 6.88. The smallest absolute Gasteiger partial charge is 0.0283 e. The Hall–Kier alpha value is -0.120. The van der Waals surface area contributed by atoms with Gasteiger partial charge in [-0.3, -0.25) is 0 Å². The van der Waals surface area contributed by atoms with Crippen LogP contribution in [-0.2, 0) is 0 Å². The third-order valence-corrected chi connectivity index (χ3v) is 4.20. The first kappa shape index (κ1) is 12.3. The Morgan fingerprint density at radius 2 is 1.69 bits per heavy atom. The Labute approximate surface area is 100.0 Å². The standard InChI is InChI=1S/C13H27N3/c1-15-8-5-9-16(11-10-15)12-13(14)6-3-2-4-7-13/h2-12,14H2,1H3. The van der Waals surface area contributed by atoms with Crippen LogP contribution in [0.15, 0.2) is 0 Å². The van der Waals surface area contributed by atoms with E-state index in [1.165, 1.54) is 64.7 Å². The van der Waals surface area contributed by atoms with Gasteiger partial charge in [-0.2, -0.15) is 0 Å². The minimum absolute atomic E-state index is 0.126. The van der Waals surface area contributed by atoms with Crippen molar-refractivity contribution in [2.24, 2.45) is 5.73 Å². The predicted octanol–water partition coefficient (Wildman–Crippen LogP) is 1.29. The number of nitrogens with zero attached hydrogens (tertiary/aromatic N) is 2. The number of hydrogen-bond donors (Lipinski definition) is 1. The maximum atomic E-state index is 6.52. The Morgan fingerprint density at radius 1 is 0.938 bits per heavy atom. The highest BCUT2D eigenvalue weighted by Gasteiger charge is 2.29. The highest BCUT2D eigenvalue weighted by atomic mass is 15.2. The summed E-state index contributed by atoms with van der Waals surface area (Å²) >= 11 is 0. The van der Waals surface area contributed by atoms with Gasteiger partial charge >= 0.3 is 0 Å². The summed E-state index contributed by atoms with van der Waals surface area (Å²) in [6, 6.07) is 0. The summed E-state index contributed by atoms with van der Waals surface area (Å²) in [5.74, 6) is 0. The van der Waals surface area contributed by atoms with E-state index in [1.807, 2.05) is 0 Å². The van der Waals surface area contributed by atoms with Gasteiger partial charge in [0.15, 0.2) is 0 Å². The summed E-state index contributed by atoms with van der Waals surface area (Å²) < 4.78 is 0. The summed E-state index contributed by atoms with van der Waals surface area (Å²) in [5, 5.41) is 0. The third kappa shape index (κ3) is 3.44. The third-order valence-electron chi connectivity index (χ3n) is 4.20. The molecule has 2 rings (SSSR count). The highest BCUT2D eigenvalue weighted by Crippen LogP contribution is 2.26. The zero-order valence-electron chi connectivity index (χ0n) is 10.7. The van der Waals surface area contributed by atoms with E-state index in [9.17, 15) is 0 Å². The molecule has 1 heterocycles. The van der Waals surface area contributed by atoms with E-state index >= 15 is 0 Å². The fourth-order valence-electron chi connectivity index (χ4n) is 3.12. The first-order valence-electron chi connectivity index (χ1n) is 6.88. The summed E-state index contributed by atoms with van der Waals surface area (Å²) in [6.07, 6.45) is 7.83. The average molecular weight is 225 g/mol. The second kappa shape index (κ2) is 5.48. The molecule has 2 aliphatic rings. The van der Waals surface area contributed by atoms with Crippen molar-refractivity contribution in [3.8, 4) is 0 Å². The molecule has 1 saturated carbocycles. The minimum Gasteiger partial charge on any atom is -0.324 e. The van der Waals surface area contributed by atoms with Crippen molar-refractivity contribution in [1.82, 2.24) is 9.80 Å². The molecule has 0 unspecified atom stereocenters. The second-order valence-electron chi connectivity index (χ2n) is 5.86. The van der Waals surface area contributed by atoms with Gasteiger partial charge in [-0.15, -0.1) is 0 Å². The maximum Gasteiger partial charge on any atom is 0.0283 e. The zero-order chi connectivity index (χ0) is 11.4. The van der Waals surface area contributed by atoms with Crippen molar-refractivity contribution in [2.75, 3.05) is 39.8 Å².